The third-order valence-corrected chi connectivity index (χ3v) is 18.6. The Kier molecular flexibility index (Phi) is 16.0. The maximum Gasteiger partial charge on any atom is 0.419 e. The van der Waals surface area contributed by atoms with Gasteiger partial charge < -0.3 is 39.4 Å². The molecule has 72 heavy (non-hydrogen) atoms. The molecule has 1 saturated carbocycles. The minimum Gasteiger partial charge on any atom is -0.506 e. The number of rotatable bonds is 18. The second kappa shape index (κ2) is 22.5. The Balaban J connectivity index is 0.899. The number of hydrogen-bond acceptors (Lipinski definition) is 9. The van der Waals surface area contributed by atoms with Gasteiger partial charge in [0, 0.05) is 48.7 Å². The Morgan fingerprint density at radius 3 is 2.36 bits per heavy atom. The molecule has 5 aromatic carbocycles. The van der Waals surface area contributed by atoms with E-state index >= 15 is 0 Å². The van der Waals surface area contributed by atoms with E-state index in [4.69, 9.17) is 13.6 Å². The van der Waals surface area contributed by atoms with Gasteiger partial charge in [0.15, 0.2) is 13.9 Å². The van der Waals surface area contributed by atoms with Gasteiger partial charge in [-0.1, -0.05) is 118 Å². The van der Waals surface area contributed by atoms with Crippen LogP contribution in [0.2, 0.25) is 18.1 Å². The molecule has 2 heterocycles. The minimum absolute atomic E-state index is 0.00359. The SMILES string of the molecule is CC(C)(C)[Si](C)(C)OC(CNCc1ccc2c(c1)oc(=O)n2CCCC=Cc1ccc(-c2ccccc2)c(N(C(=O)O)C2CCC(NC(=O)OCc3ccccc3)CC2)c1)c1ccc(O)c2[nH]c(=O)ccc12. The van der Waals surface area contributed by atoms with Crippen molar-refractivity contribution in [2.24, 2.45) is 0 Å². The number of aryl methyl sites for hydroxylation is 1. The minimum atomic E-state index is -2.27. The van der Waals surface area contributed by atoms with Crippen molar-refractivity contribution >= 4 is 54.3 Å². The van der Waals surface area contributed by atoms with Crippen LogP contribution in [0.15, 0.2) is 141 Å². The number of amides is 2. The number of phenols is 1. The molecular weight excluding hydrogens is 927 g/mol. The van der Waals surface area contributed by atoms with Crippen molar-refractivity contribution < 1.29 is 33.4 Å². The highest BCUT2D eigenvalue weighted by Crippen LogP contribution is 2.42. The number of unbranched alkanes of at least 4 members (excludes halogenated alkanes) is 1. The van der Waals surface area contributed by atoms with E-state index in [2.05, 4.69) is 49.5 Å². The first-order valence-corrected chi connectivity index (χ1v) is 27.7. The van der Waals surface area contributed by atoms with Gasteiger partial charge in [0.2, 0.25) is 5.56 Å². The van der Waals surface area contributed by atoms with E-state index in [-0.39, 0.29) is 41.1 Å². The number of benzene rings is 5. The standard InChI is InChI=1S/C57H65N5O9Si/c1-57(2,3)72(4,5)71-51(45-27-30-49(63)53-46(45)28-31-52(64)60-53)36-58-35-40-21-29-47-50(34-40)70-56(68)61(47)32-14-8-11-15-38-20-26-44(41-18-12-7-13-19-41)48(33-38)62(55(66)67)43-24-22-42(23-25-43)59-54(65)69-37-39-16-9-6-10-17-39/h6-7,9-13,15-21,26-31,33-34,42-43,51,58,63H,8,14,22-25,32,35-37H2,1-5H3,(H,59,65)(H,60,64)(H,66,67). The summed E-state index contributed by atoms with van der Waals surface area (Å²) in [5.74, 6) is -0.432. The first kappa shape index (κ1) is 51.2. The fraction of sp³-hybridized carbons (Fsp3) is 0.333. The molecular formula is C57H65N5O9Si. The number of pyridine rings is 1. The van der Waals surface area contributed by atoms with Crippen molar-refractivity contribution in [3.05, 3.63) is 171 Å². The van der Waals surface area contributed by atoms with Crippen molar-refractivity contribution in [2.45, 2.75) is 115 Å². The van der Waals surface area contributed by atoms with Gasteiger partial charge in [-0.2, -0.15) is 0 Å². The number of nitrogens with zero attached hydrogens (tertiary/aromatic N) is 2. The monoisotopic (exact) mass is 991 g/mol. The molecule has 1 unspecified atom stereocenters. The number of carbonyl (C=O) groups is 2. The van der Waals surface area contributed by atoms with Crippen molar-refractivity contribution in [2.75, 3.05) is 11.4 Å². The van der Waals surface area contributed by atoms with Crippen LogP contribution < -0.4 is 26.8 Å². The highest BCUT2D eigenvalue weighted by atomic mass is 28.4. The van der Waals surface area contributed by atoms with E-state index in [0.29, 0.717) is 80.5 Å². The van der Waals surface area contributed by atoms with Crippen molar-refractivity contribution in [1.29, 1.82) is 0 Å². The third kappa shape index (κ3) is 12.3. The lowest BCUT2D eigenvalue weighted by molar-refractivity contribution is 0.132. The molecule has 7 aromatic rings. The number of aromatic hydroxyl groups is 1. The first-order chi connectivity index (χ1) is 34.5. The zero-order valence-electron chi connectivity index (χ0n) is 41.7. The number of alkyl carbamates (subject to hydrolysis) is 1. The summed E-state index contributed by atoms with van der Waals surface area (Å²) in [7, 11) is -2.27. The molecule has 376 valence electrons. The number of carboxylic acid groups (broad SMARTS) is 1. The van der Waals surface area contributed by atoms with Gasteiger partial charge in [0.1, 0.15) is 12.4 Å². The molecule has 8 rings (SSSR count). The summed E-state index contributed by atoms with van der Waals surface area (Å²) in [6, 6.07) is 37.2. The summed E-state index contributed by atoms with van der Waals surface area (Å²) >= 11 is 0. The van der Waals surface area contributed by atoms with Gasteiger partial charge in [0.05, 0.1) is 22.8 Å². The van der Waals surface area contributed by atoms with Crippen LogP contribution >= 0.6 is 0 Å². The zero-order valence-corrected chi connectivity index (χ0v) is 42.7. The van der Waals surface area contributed by atoms with Crippen molar-refractivity contribution in [1.82, 2.24) is 20.2 Å². The molecule has 15 heteroatoms. The van der Waals surface area contributed by atoms with Gasteiger partial charge in [-0.3, -0.25) is 14.3 Å². The largest absolute Gasteiger partial charge is 0.506 e. The number of phenolic OH excluding ortho intramolecular Hbond substituents is 1. The van der Waals surface area contributed by atoms with Crippen molar-refractivity contribution in [3.8, 4) is 16.9 Å². The number of nitrogens with one attached hydrogen (secondary N) is 3. The van der Waals surface area contributed by atoms with Crippen LogP contribution in [-0.4, -0.2) is 58.9 Å². The fourth-order valence-corrected chi connectivity index (χ4v) is 10.5. The van der Waals surface area contributed by atoms with Gasteiger partial charge in [-0.15, -0.1) is 0 Å². The normalized spacial score (nSPS) is 15.7. The summed E-state index contributed by atoms with van der Waals surface area (Å²) in [5.41, 5.74) is 7.15. The van der Waals surface area contributed by atoms with E-state index in [0.717, 1.165) is 38.8 Å². The molecule has 0 spiro atoms. The van der Waals surface area contributed by atoms with Crippen LogP contribution in [0.4, 0.5) is 15.3 Å². The Hall–Kier alpha value is -7.20. The predicted molar refractivity (Wildman–Crippen MR) is 286 cm³/mol. The van der Waals surface area contributed by atoms with Crippen molar-refractivity contribution in [3.63, 3.8) is 0 Å². The molecule has 0 radical (unpaired) electrons. The number of allylic oxidation sites excluding steroid dienone is 1. The molecule has 0 saturated heterocycles. The van der Waals surface area contributed by atoms with E-state index in [9.17, 15) is 29.4 Å². The number of aromatic amines is 1. The first-order valence-electron chi connectivity index (χ1n) is 24.8. The molecule has 1 aliphatic rings. The Morgan fingerprint density at radius 2 is 1.64 bits per heavy atom. The molecule has 5 N–H and O–H groups in total. The van der Waals surface area contributed by atoms with Crippen LogP contribution in [0, 0.1) is 0 Å². The number of H-pyrrole nitrogens is 1. The Bertz CT molecular complexity index is 3150. The fourth-order valence-electron chi connectivity index (χ4n) is 9.23. The maximum atomic E-state index is 13.2. The summed E-state index contributed by atoms with van der Waals surface area (Å²) < 4.78 is 19.8. The van der Waals surface area contributed by atoms with Gasteiger partial charge in [0.25, 0.3) is 0 Å². The average molecular weight is 992 g/mol. The maximum absolute atomic E-state index is 13.2. The zero-order chi connectivity index (χ0) is 51.0. The van der Waals surface area contributed by atoms with Gasteiger partial charge in [-0.25, -0.2) is 14.4 Å². The third-order valence-electron chi connectivity index (χ3n) is 14.1. The molecule has 14 nitrogen and oxygen atoms in total. The number of carbonyl (C=O) groups excluding carboxylic acids is 1. The number of fused-ring (bicyclic) bond motifs is 2. The summed E-state index contributed by atoms with van der Waals surface area (Å²) in [5, 5.41) is 28.5. The molecule has 0 bridgehead atoms. The number of aromatic nitrogens is 2. The number of ether oxygens (including phenoxy) is 1. The quantitative estimate of drug-likeness (QED) is 0.0409. The number of oxazole rings is 1. The summed E-state index contributed by atoms with van der Waals surface area (Å²) in [4.78, 5) is 55.3. The van der Waals surface area contributed by atoms with Crippen LogP contribution in [0.1, 0.15) is 87.7 Å². The lowest BCUT2D eigenvalue weighted by Gasteiger charge is -2.39. The van der Waals surface area contributed by atoms with Crippen LogP contribution in [-0.2, 0) is 28.9 Å². The second-order valence-corrected chi connectivity index (χ2v) is 24.9. The highest BCUT2D eigenvalue weighted by molar-refractivity contribution is 6.74. The lowest BCUT2D eigenvalue weighted by atomic mass is 9.89. The van der Waals surface area contributed by atoms with Crippen LogP contribution in [0.3, 0.4) is 0 Å². The van der Waals surface area contributed by atoms with E-state index in [1.807, 2.05) is 115 Å². The van der Waals surface area contributed by atoms with Gasteiger partial charge in [-0.05, 0) is 115 Å². The average Bonchev–Trinajstić information content (AvgIpc) is 3.67. The summed E-state index contributed by atoms with van der Waals surface area (Å²) in [6.07, 6.45) is 5.84. The van der Waals surface area contributed by atoms with E-state index < -0.39 is 26.3 Å². The highest BCUT2D eigenvalue weighted by Gasteiger charge is 2.40. The Labute approximate surface area is 420 Å². The van der Waals surface area contributed by atoms with Gasteiger partial charge >= 0.3 is 17.9 Å². The van der Waals surface area contributed by atoms with Crippen LogP contribution in [0.25, 0.3) is 39.2 Å². The molecule has 1 fully saturated rings. The Morgan fingerprint density at radius 1 is 0.903 bits per heavy atom. The molecule has 0 aliphatic heterocycles. The second-order valence-electron chi connectivity index (χ2n) is 20.2. The van der Waals surface area contributed by atoms with Crippen LogP contribution in [0.5, 0.6) is 5.75 Å². The number of anilines is 1. The molecule has 2 aromatic heterocycles. The van der Waals surface area contributed by atoms with E-state index in [1.54, 1.807) is 16.7 Å². The molecule has 2 amide bonds. The number of hydrogen-bond donors (Lipinski definition) is 5. The predicted octanol–water partition coefficient (Wildman–Crippen LogP) is 11.9. The molecule has 1 atom stereocenters. The smallest absolute Gasteiger partial charge is 0.419 e. The molecule has 1 aliphatic carbocycles. The van der Waals surface area contributed by atoms with E-state index in [1.165, 1.54) is 11.0 Å². The topological polar surface area (TPSA) is 188 Å². The summed E-state index contributed by atoms with van der Waals surface area (Å²) in [6.45, 7) is 12.5. The lowest BCUT2D eigenvalue weighted by Crippen LogP contribution is -2.46.